The number of benzene rings is 1. The molecule has 112 valence electrons. The van der Waals surface area contributed by atoms with Crippen molar-refractivity contribution in [1.82, 2.24) is 4.90 Å². The van der Waals surface area contributed by atoms with Gasteiger partial charge in [-0.3, -0.25) is 4.99 Å². The molecule has 1 aromatic carbocycles. The second-order valence-corrected chi connectivity index (χ2v) is 4.59. The molecule has 0 saturated carbocycles. The smallest absolute Gasteiger partial charge is 0.191 e. The van der Waals surface area contributed by atoms with E-state index in [1.807, 2.05) is 35.2 Å². The van der Waals surface area contributed by atoms with Crippen molar-refractivity contribution < 1.29 is 9.84 Å². The minimum Gasteiger partial charge on any atom is -0.396 e. The Balaban J connectivity index is 0.00000200. The van der Waals surface area contributed by atoms with Crippen LogP contribution < -0.4 is 5.73 Å². The standard InChI is InChI=1S/C14H21N3O2.HI/c15-14(17-6-8-19-9-7-17)16-10-13(11-18)12-4-2-1-3-5-12;/h1-5,13,18H,6-11H2,(H2,15,16);1H. The highest BCUT2D eigenvalue weighted by atomic mass is 127. The van der Waals surface area contributed by atoms with E-state index >= 15 is 0 Å². The summed E-state index contributed by atoms with van der Waals surface area (Å²) in [5.74, 6) is 0.540. The molecule has 1 aliphatic rings. The molecule has 0 radical (unpaired) electrons. The molecule has 1 aliphatic heterocycles. The van der Waals surface area contributed by atoms with E-state index in [0.29, 0.717) is 25.7 Å². The van der Waals surface area contributed by atoms with Gasteiger partial charge in [-0.15, -0.1) is 24.0 Å². The van der Waals surface area contributed by atoms with Crippen LogP contribution >= 0.6 is 24.0 Å². The van der Waals surface area contributed by atoms with Gasteiger partial charge in [0.15, 0.2) is 5.96 Å². The fraction of sp³-hybridized carbons (Fsp3) is 0.500. The van der Waals surface area contributed by atoms with E-state index in [4.69, 9.17) is 10.5 Å². The summed E-state index contributed by atoms with van der Waals surface area (Å²) >= 11 is 0. The molecule has 6 heteroatoms. The summed E-state index contributed by atoms with van der Waals surface area (Å²) < 4.78 is 5.27. The number of aliphatic imine (C=N–C) groups is 1. The fourth-order valence-electron chi connectivity index (χ4n) is 2.09. The largest absolute Gasteiger partial charge is 0.396 e. The quantitative estimate of drug-likeness (QED) is 0.457. The second-order valence-electron chi connectivity index (χ2n) is 4.59. The lowest BCUT2D eigenvalue weighted by Gasteiger charge is -2.27. The van der Waals surface area contributed by atoms with Crippen LogP contribution in [0.1, 0.15) is 11.5 Å². The molecule has 1 atom stereocenters. The Morgan fingerprint density at radius 2 is 1.95 bits per heavy atom. The number of aliphatic hydroxyl groups excluding tert-OH is 1. The summed E-state index contributed by atoms with van der Waals surface area (Å²) in [6.07, 6.45) is 0. The zero-order valence-corrected chi connectivity index (χ0v) is 13.8. The molecule has 1 heterocycles. The molecule has 1 unspecified atom stereocenters. The third-order valence-electron chi connectivity index (χ3n) is 3.30. The lowest BCUT2D eigenvalue weighted by molar-refractivity contribution is 0.0674. The molecule has 0 aromatic heterocycles. The van der Waals surface area contributed by atoms with Crippen LogP contribution in [0.2, 0.25) is 0 Å². The predicted molar refractivity (Wildman–Crippen MR) is 90.6 cm³/mol. The summed E-state index contributed by atoms with van der Waals surface area (Å²) in [6, 6.07) is 9.89. The Hall–Kier alpha value is -0.860. The number of hydrogen-bond acceptors (Lipinski definition) is 3. The Labute approximate surface area is 136 Å². The maximum atomic E-state index is 9.46. The molecule has 1 fully saturated rings. The first-order chi connectivity index (χ1) is 9.31. The van der Waals surface area contributed by atoms with Crippen LogP contribution in [0.15, 0.2) is 35.3 Å². The third-order valence-corrected chi connectivity index (χ3v) is 3.30. The van der Waals surface area contributed by atoms with E-state index in [2.05, 4.69) is 4.99 Å². The van der Waals surface area contributed by atoms with Crippen molar-refractivity contribution in [2.75, 3.05) is 39.5 Å². The van der Waals surface area contributed by atoms with Crippen LogP contribution in [-0.2, 0) is 4.74 Å². The fourth-order valence-corrected chi connectivity index (χ4v) is 2.09. The van der Waals surface area contributed by atoms with Gasteiger partial charge in [-0.25, -0.2) is 0 Å². The van der Waals surface area contributed by atoms with Crippen molar-refractivity contribution in [1.29, 1.82) is 0 Å². The van der Waals surface area contributed by atoms with Gasteiger partial charge < -0.3 is 20.5 Å². The third kappa shape index (κ3) is 4.92. The molecule has 0 amide bonds. The number of nitrogens with two attached hydrogens (primary N) is 1. The van der Waals surface area contributed by atoms with Crippen molar-refractivity contribution in [3.8, 4) is 0 Å². The topological polar surface area (TPSA) is 71.1 Å². The number of nitrogens with zero attached hydrogens (tertiary/aromatic N) is 2. The van der Waals surface area contributed by atoms with E-state index in [9.17, 15) is 5.11 Å². The van der Waals surface area contributed by atoms with E-state index in [1.54, 1.807) is 0 Å². The van der Waals surface area contributed by atoms with Crippen LogP contribution in [0, 0.1) is 0 Å². The number of hydrogen-bond donors (Lipinski definition) is 2. The van der Waals surface area contributed by atoms with Gasteiger partial charge in [-0.2, -0.15) is 0 Å². The number of guanidine groups is 1. The number of morpholine rings is 1. The average Bonchev–Trinajstić information content (AvgIpc) is 2.49. The summed E-state index contributed by atoms with van der Waals surface area (Å²) in [6.45, 7) is 3.53. The van der Waals surface area contributed by atoms with Crippen molar-refractivity contribution in [2.45, 2.75) is 5.92 Å². The monoisotopic (exact) mass is 391 g/mol. The molecule has 0 bridgehead atoms. The highest BCUT2D eigenvalue weighted by Crippen LogP contribution is 2.15. The molecule has 1 aromatic rings. The molecular formula is C14H22IN3O2. The van der Waals surface area contributed by atoms with Crippen molar-refractivity contribution >= 4 is 29.9 Å². The van der Waals surface area contributed by atoms with Crippen molar-refractivity contribution in [3.63, 3.8) is 0 Å². The first-order valence-electron chi connectivity index (χ1n) is 6.59. The van der Waals surface area contributed by atoms with Gasteiger partial charge in [-0.05, 0) is 5.56 Å². The Bertz CT molecular complexity index is 408. The van der Waals surface area contributed by atoms with Crippen molar-refractivity contribution in [2.24, 2.45) is 10.7 Å². The number of ether oxygens (including phenoxy) is 1. The normalized spacial score (nSPS) is 17.4. The maximum absolute atomic E-state index is 9.46. The lowest BCUT2D eigenvalue weighted by atomic mass is 10.0. The van der Waals surface area contributed by atoms with Crippen LogP contribution in [0.25, 0.3) is 0 Å². The van der Waals surface area contributed by atoms with Crippen LogP contribution in [0.5, 0.6) is 0 Å². The highest BCUT2D eigenvalue weighted by Gasteiger charge is 2.14. The summed E-state index contributed by atoms with van der Waals surface area (Å²) in [4.78, 5) is 6.42. The summed E-state index contributed by atoms with van der Waals surface area (Å²) in [5.41, 5.74) is 7.05. The Morgan fingerprint density at radius 1 is 1.30 bits per heavy atom. The number of halogens is 1. The van der Waals surface area contributed by atoms with E-state index in [1.165, 1.54) is 0 Å². The van der Waals surface area contributed by atoms with Gasteiger partial charge in [0, 0.05) is 19.0 Å². The van der Waals surface area contributed by atoms with E-state index < -0.39 is 0 Å². The zero-order valence-electron chi connectivity index (χ0n) is 11.4. The van der Waals surface area contributed by atoms with Crippen LogP contribution in [0.3, 0.4) is 0 Å². The van der Waals surface area contributed by atoms with Gasteiger partial charge in [0.25, 0.3) is 0 Å². The molecule has 0 aliphatic carbocycles. The van der Waals surface area contributed by atoms with Crippen LogP contribution in [0.4, 0.5) is 0 Å². The average molecular weight is 391 g/mol. The highest BCUT2D eigenvalue weighted by molar-refractivity contribution is 14.0. The minimum atomic E-state index is 0. The zero-order chi connectivity index (χ0) is 13.5. The molecular weight excluding hydrogens is 369 g/mol. The molecule has 3 N–H and O–H groups in total. The maximum Gasteiger partial charge on any atom is 0.191 e. The lowest BCUT2D eigenvalue weighted by Crippen LogP contribution is -2.45. The number of aliphatic hydroxyl groups is 1. The molecule has 20 heavy (non-hydrogen) atoms. The minimum absolute atomic E-state index is 0. The SMILES string of the molecule is I.NC(=NCC(CO)c1ccccc1)N1CCOCC1. The van der Waals surface area contributed by atoms with Crippen molar-refractivity contribution in [3.05, 3.63) is 35.9 Å². The van der Waals surface area contributed by atoms with Crippen LogP contribution in [-0.4, -0.2) is 55.4 Å². The molecule has 0 spiro atoms. The Kier molecular flexibility index (Phi) is 7.86. The Morgan fingerprint density at radius 3 is 2.55 bits per heavy atom. The summed E-state index contributed by atoms with van der Waals surface area (Å²) in [5, 5.41) is 9.46. The summed E-state index contributed by atoms with van der Waals surface area (Å²) in [7, 11) is 0. The molecule has 2 rings (SSSR count). The van der Waals surface area contributed by atoms with Gasteiger partial charge in [0.1, 0.15) is 0 Å². The number of rotatable bonds is 4. The van der Waals surface area contributed by atoms with E-state index in [-0.39, 0.29) is 36.5 Å². The second kappa shape index (κ2) is 9.15. The van der Waals surface area contributed by atoms with Gasteiger partial charge in [0.05, 0.1) is 26.4 Å². The predicted octanol–water partition coefficient (Wildman–Crippen LogP) is 1.03. The first-order valence-corrected chi connectivity index (χ1v) is 6.59. The van der Waals surface area contributed by atoms with Gasteiger partial charge in [0.2, 0.25) is 0 Å². The molecule has 5 nitrogen and oxygen atoms in total. The van der Waals surface area contributed by atoms with Gasteiger partial charge in [-0.1, -0.05) is 30.3 Å². The van der Waals surface area contributed by atoms with Gasteiger partial charge >= 0.3 is 0 Å². The first kappa shape index (κ1) is 17.2. The van der Waals surface area contributed by atoms with E-state index in [0.717, 1.165) is 18.7 Å². The molecule has 1 saturated heterocycles.